The summed E-state index contributed by atoms with van der Waals surface area (Å²) in [4.78, 5) is 22.0. The molecule has 5 heteroatoms. The summed E-state index contributed by atoms with van der Waals surface area (Å²) in [7, 11) is 0. The van der Waals surface area contributed by atoms with Crippen molar-refractivity contribution in [3.8, 4) is 0 Å². The number of nitrogens with zero attached hydrogens (tertiary/aromatic N) is 3. The quantitative estimate of drug-likeness (QED) is 0.539. The highest BCUT2D eigenvalue weighted by Crippen LogP contribution is 2.26. The summed E-state index contributed by atoms with van der Waals surface area (Å²) in [6.07, 6.45) is 0. The number of pyridine rings is 1. The topological polar surface area (TPSA) is 48.5 Å². The van der Waals surface area contributed by atoms with Gasteiger partial charge in [0.25, 0.3) is 5.91 Å². The Kier molecular flexibility index (Phi) is 6.93. The Labute approximate surface area is 179 Å². The van der Waals surface area contributed by atoms with Crippen molar-refractivity contribution >= 4 is 34.0 Å². The van der Waals surface area contributed by atoms with Gasteiger partial charge in [-0.1, -0.05) is 0 Å². The summed E-state index contributed by atoms with van der Waals surface area (Å²) >= 11 is 0. The van der Waals surface area contributed by atoms with Gasteiger partial charge in [-0.25, -0.2) is 4.98 Å². The maximum Gasteiger partial charge on any atom is 0.255 e. The molecule has 3 aromatic rings. The summed E-state index contributed by atoms with van der Waals surface area (Å²) in [6, 6.07) is 15.8. The molecule has 0 saturated heterocycles. The maximum absolute atomic E-state index is 12.7. The smallest absolute Gasteiger partial charge is 0.255 e. The number of fused-ring (bicyclic) bond motifs is 1. The van der Waals surface area contributed by atoms with Gasteiger partial charge in [-0.15, -0.1) is 0 Å². The van der Waals surface area contributed by atoms with Gasteiger partial charge in [-0.3, -0.25) is 4.79 Å². The molecule has 2 aromatic carbocycles. The van der Waals surface area contributed by atoms with E-state index in [1.807, 2.05) is 42.5 Å². The number of aromatic nitrogens is 1. The molecule has 30 heavy (non-hydrogen) atoms. The van der Waals surface area contributed by atoms with Crippen LogP contribution in [-0.2, 0) is 0 Å². The highest BCUT2D eigenvalue weighted by Gasteiger charge is 2.11. The molecule has 1 heterocycles. The van der Waals surface area contributed by atoms with E-state index < -0.39 is 0 Å². The third-order valence-electron chi connectivity index (χ3n) is 5.61. The van der Waals surface area contributed by atoms with Crippen LogP contribution < -0.4 is 15.1 Å². The van der Waals surface area contributed by atoms with Crippen LogP contribution in [0.25, 0.3) is 10.9 Å². The third-order valence-corrected chi connectivity index (χ3v) is 5.61. The number of hydrogen-bond donors (Lipinski definition) is 1. The lowest BCUT2D eigenvalue weighted by molar-refractivity contribution is 0.102. The molecule has 1 aromatic heterocycles. The minimum Gasteiger partial charge on any atom is -0.372 e. The first kappa shape index (κ1) is 21.6. The van der Waals surface area contributed by atoms with Crippen LogP contribution in [0.1, 0.15) is 43.6 Å². The fraction of sp³-hybridized carbons (Fsp3) is 0.360. The van der Waals surface area contributed by atoms with Crippen molar-refractivity contribution in [3.05, 3.63) is 59.7 Å². The van der Waals surface area contributed by atoms with E-state index in [0.29, 0.717) is 5.56 Å². The molecule has 0 radical (unpaired) electrons. The lowest BCUT2D eigenvalue weighted by Gasteiger charge is -2.21. The van der Waals surface area contributed by atoms with Gasteiger partial charge < -0.3 is 15.1 Å². The summed E-state index contributed by atoms with van der Waals surface area (Å²) in [5.74, 6) is 0.890. The van der Waals surface area contributed by atoms with Gasteiger partial charge in [0.15, 0.2) is 0 Å². The SMILES string of the molecule is CCN(CC)c1ccc(C(=O)Nc2ccc3nc(N(CC)CC)cc(C)c3c2)cc1. The fourth-order valence-corrected chi connectivity index (χ4v) is 3.78. The Morgan fingerprint density at radius 1 is 0.867 bits per heavy atom. The molecular formula is C25H32N4O. The molecule has 0 saturated carbocycles. The molecule has 1 amide bonds. The van der Waals surface area contributed by atoms with E-state index in [4.69, 9.17) is 4.98 Å². The number of amides is 1. The van der Waals surface area contributed by atoms with Crippen LogP contribution in [-0.4, -0.2) is 37.1 Å². The Morgan fingerprint density at radius 3 is 2.10 bits per heavy atom. The molecule has 0 unspecified atom stereocenters. The van der Waals surface area contributed by atoms with Crippen LogP contribution in [0.5, 0.6) is 0 Å². The molecule has 5 nitrogen and oxygen atoms in total. The van der Waals surface area contributed by atoms with Crippen molar-refractivity contribution in [2.24, 2.45) is 0 Å². The Morgan fingerprint density at radius 2 is 1.50 bits per heavy atom. The first-order valence-electron chi connectivity index (χ1n) is 10.8. The molecule has 3 rings (SSSR count). The first-order chi connectivity index (χ1) is 14.5. The summed E-state index contributed by atoms with van der Waals surface area (Å²) in [6.45, 7) is 14.4. The van der Waals surface area contributed by atoms with Crippen molar-refractivity contribution in [2.45, 2.75) is 34.6 Å². The zero-order valence-corrected chi connectivity index (χ0v) is 18.7. The normalized spacial score (nSPS) is 10.8. The van der Waals surface area contributed by atoms with E-state index >= 15 is 0 Å². The Balaban J connectivity index is 1.81. The Bertz CT molecular complexity index is 1010. The van der Waals surface area contributed by atoms with Crippen molar-refractivity contribution in [3.63, 3.8) is 0 Å². The number of nitrogens with one attached hydrogen (secondary N) is 1. The molecule has 0 aliphatic heterocycles. The standard InChI is InChI=1S/C25H32N4O/c1-6-28(7-2)21-13-10-19(11-14-21)25(30)26-20-12-15-23-22(17-20)18(5)16-24(27-23)29(8-3)9-4/h10-17H,6-9H2,1-5H3,(H,26,30). The average Bonchev–Trinajstić information content (AvgIpc) is 2.76. The predicted octanol–water partition coefficient (Wildman–Crippen LogP) is 5.49. The molecule has 0 aliphatic rings. The van der Waals surface area contributed by atoms with Gasteiger partial charge in [0.2, 0.25) is 0 Å². The molecule has 158 valence electrons. The van der Waals surface area contributed by atoms with Gasteiger partial charge in [0.1, 0.15) is 5.82 Å². The largest absolute Gasteiger partial charge is 0.372 e. The number of benzene rings is 2. The second kappa shape index (κ2) is 9.61. The molecule has 0 spiro atoms. The van der Waals surface area contributed by atoms with Crippen molar-refractivity contribution in [1.29, 1.82) is 0 Å². The highest BCUT2D eigenvalue weighted by molar-refractivity contribution is 6.05. The van der Waals surface area contributed by atoms with Gasteiger partial charge in [-0.05, 0) is 88.7 Å². The van der Waals surface area contributed by atoms with Crippen molar-refractivity contribution < 1.29 is 4.79 Å². The van der Waals surface area contributed by atoms with E-state index in [9.17, 15) is 4.79 Å². The number of carbonyl (C=O) groups excluding carboxylic acids is 1. The number of hydrogen-bond acceptors (Lipinski definition) is 4. The van der Waals surface area contributed by atoms with Crippen LogP contribution in [0.3, 0.4) is 0 Å². The summed E-state index contributed by atoms with van der Waals surface area (Å²) in [5, 5.41) is 4.08. The van der Waals surface area contributed by atoms with Crippen LogP contribution in [0.4, 0.5) is 17.2 Å². The minimum atomic E-state index is -0.106. The third kappa shape index (κ3) is 4.56. The van der Waals surface area contributed by atoms with Crippen molar-refractivity contribution in [1.82, 2.24) is 4.98 Å². The average molecular weight is 405 g/mol. The molecule has 0 aliphatic carbocycles. The van der Waals surface area contributed by atoms with Gasteiger partial charge in [-0.2, -0.15) is 0 Å². The molecule has 0 fully saturated rings. The monoisotopic (exact) mass is 404 g/mol. The summed E-state index contributed by atoms with van der Waals surface area (Å²) in [5.41, 5.74) is 4.66. The van der Waals surface area contributed by atoms with Crippen LogP contribution in [0.2, 0.25) is 0 Å². The zero-order valence-electron chi connectivity index (χ0n) is 18.7. The number of carbonyl (C=O) groups is 1. The number of rotatable bonds is 8. The highest BCUT2D eigenvalue weighted by atomic mass is 16.1. The lowest BCUT2D eigenvalue weighted by atomic mass is 10.1. The maximum atomic E-state index is 12.7. The predicted molar refractivity (Wildman–Crippen MR) is 128 cm³/mol. The van der Waals surface area contributed by atoms with E-state index in [1.165, 1.54) is 0 Å². The fourth-order valence-electron chi connectivity index (χ4n) is 3.78. The lowest BCUT2D eigenvalue weighted by Crippen LogP contribution is -2.23. The first-order valence-corrected chi connectivity index (χ1v) is 10.8. The number of anilines is 3. The van der Waals surface area contributed by atoms with E-state index in [0.717, 1.165) is 59.8 Å². The second-order valence-electron chi connectivity index (χ2n) is 7.37. The van der Waals surface area contributed by atoms with E-state index in [1.54, 1.807) is 0 Å². The van der Waals surface area contributed by atoms with Crippen LogP contribution in [0.15, 0.2) is 48.5 Å². The van der Waals surface area contributed by atoms with Gasteiger partial charge in [0, 0.05) is 48.5 Å². The number of aryl methyl sites for hydroxylation is 1. The van der Waals surface area contributed by atoms with Gasteiger partial charge >= 0.3 is 0 Å². The second-order valence-corrected chi connectivity index (χ2v) is 7.37. The van der Waals surface area contributed by atoms with E-state index in [-0.39, 0.29) is 5.91 Å². The van der Waals surface area contributed by atoms with E-state index in [2.05, 4.69) is 55.8 Å². The zero-order chi connectivity index (χ0) is 21.7. The van der Waals surface area contributed by atoms with Gasteiger partial charge in [0.05, 0.1) is 5.52 Å². The summed E-state index contributed by atoms with van der Waals surface area (Å²) < 4.78 is 0. The molecule has 0 atom stereocenters. The van der Waals surface area contributed by atoms with Crippen LogP contribution in [0, 0.1) is 6.92 Å². The van der Waals surface area contributed by atoms with Crippen molar-refractivity contribution in [2.75, 3.05) is 41.3 Å². The van der Waals surface area contributed by atoms with Crippen LogP contribution >= 0.6 is 0 Å². The Hall–Kier alpha value is -3.08. The minimum absolute atomic E-state index is 0.106. The molecular weight excluding hydrogens is 372 g/mol. The molecule has 1 N–H and O–H groups in total. The molecule has 0 bridgehead atoms.